The number of nitrogens with zero attached hydrogens (tertiary/aromatic N) is 1. The lowest BCUT2D eigenvalue weighted by Crippen LogP contribution is -2.50. The predicted molar refractivity (Wildman–Crippen MR) is 152 cm³/mol. The first-order chi connectivity index (χ1) is 17.3. The molecule has 3 atom stereocenters. The van der Waals surface area contributed by atoms with Crippen LogP contribution in [0.15, 0.2) is 24.4 Å². The van der Waals surface area contributed by atoms with Crippen molar-refractivity contribution in [1.82, 2.24) is 15.2 Å². The van der Waals surface area contributed by atoms with Gasteiger partial charge in [-0.3, -0.25) is 0 Å². The molecule has 210 valence electrons. The second kappa shape index (κ2) is 14.2. The largest absolute Gasteiger partial charge is 0.444 e. The number of aliphatic hydroxyl groups excluding tert-OH is 1. The lowest BCUT2D eigenvalue weighted by Gasteiger charge is -2.31. The first-order valence-electron chi connectivity index (χ1n) is 13.8. The molecule has 0 saturated carbocycles. The number of fused-ring (bicyclic) bond motifs is 1. The number of alkyl carbamates (subject to hydrolysis) is 1. The maximum atomic E-state index is 12.6. The van der Waals surface area contributed by atoms with E-state index >= 15 is 0 Å². The second-order valence-corrected chi connectivity index (χ2v) is 12.0. The van der Waals surface area contributed by atoms with Crippen molar-refractivity contribution < 1.29 is 19.4 Å². The van der Waals surface area contributed by atoms with Crippen molar-refractivity contribution in [2.75, 3.05) is 20.3 Å². The number of nitrogens with one attached hydrogen (secondary N) is 2. The van der Waals surface area contributed by atoms with Gasteiger partial charge in [0.25, 0.3) is 0 Å². The third kappa shape index (κ3) is 10.3. The third-order valence-corrected chi connectivity index (χ3v) is 6.83. The summed E-state index contributed by atoms with van der Waals surface area (Å²) in [6.07, 6.45) is 4.52. The topological polar surface area (TPSA) is 84.8 Å². The van der Waals surface area contributed by atoms with E-state index in [1.807, 2.05) is 34.6 Å². The molecule has 7 nitrogen and oxygen atoms in total. The number of ether oxygens (including phenoxy) is 2. The van der Waals surface area contributed by atoms with Crippen LogP contribution in [0.5, 0.6) is 0 Å². The molecular weight excluding hydrogens is 466 g/mol. The van der Waals surface area contributed by atoms with Crippen molar-refractivity contribution in [3.8, 4) is 0 Å². The maximum absolute atomic E-state index is 12.6. The lowest BCUT2D eigenvalue weighted by molar-refractivity contribution is 0.0388. The Kier molecular flexibility index (Phi) is 11.9. The van der Waals surface area contributed by atoms with Crippen LogP contribution in [0.1, 0.15) is 72.4 Å². The summed E-state index contributed by atoms with van der Waals surface area (Å²) in [7, 11) is 3.84. The van der Waals surface area contributed by atoms with E-state index in [1.54, 1.807) is 7.11 Å². The van der Waals surface area contributed by atoms with Crippen molar-refractivity contribution in [2.24, 2.45) is 18.9 Å². The van der Waals surface area contributed by atoms with Gasteiger partial charge in [-0.15, -0.1) is 0 Å². The minimum Gasteiger partial charge on any atom is -0.444 e. The van der Waals surface area contributed by atoms with Gasteiger partial charge < -0.3 is 29.8 Å². The van der Waals surface area contributed by atoms with Crippen molar-refractivity contribution in [1.29, 1.82) is 0 Å². The summed E-state index contributed by atoms with van der Waals surface area (Å²) in [5.41, 5.74) is 3.25. The molecule has 37 heavy (non-hydrogen) atoms. The van der Waals surface area contributed by atoms with Gasteiger partial charge in [0.1, 0.15) is 5.60 Å². The Bertz CT molecular complexity index is 977. The van der Waals surface area contributed by atoms with Crippen LogP contribution in [0.4, 0.5) is 4.79 Å². The Balaban J connectivity index is 2.24. The number of rotatable bonds is 14. The van der Waals surface area contributed by atoms with Crippen LogP contribution in [0.25, 0.3) is 10.9 Å². The molecular formula is C30H51N3O4. The van der Waals surface area contributed by atoms with Gasteiger partial charge in [-0.05, 0) is 81.5 Å². The lowest BCUT2D eigenvalue weighted by atomic mass is 9.82. The summed E-state index contributed by atoms with van der Waals surface area (Å²) in [6.45, 7) is 15.2. The molecule has 3 N–H and O–H groups in total. The molecule has 0 aliphatic carbocycles. The molecule has 0 aliphatic heterocycles. The number of hydrogen-bond acceptors (Lipinski definition) is 5. The van der Waals surface area contributed by atoms with Crippen molar-refractivity contribution >= 4 is 17.0 Å². The minimum absolute atomic E-state index is 0.244. The van der Waals surface area contributed by atoms with Crippen molar-refractivity contribution in [3.63, 3.8) is 0 Å². The van der Waals surface area contributed by atoms with E-state index in [9.17, 15) is 9.90 Å². The average Bonchev–Trinajstić information content (AvgIpc) is 3.10. The molecule has 1 heterocycles. The Morgan fingerprint density at radius 2 is 1.86 bits per heavy atom. The zero-order valence-electron chi connectivity index (χ0n) is 24.6. The van der Waals surface area contributed by atoms with Crippen LogP contribution in [0, 0.1) is 11.8 Å². The Labute approximate surface area is 224 Å². The molecule has 1 aromatic carbocycles. The molecule has 2 aromatic rings. The summed E-state index contributed by atoms with van der Waals surface area (Å²) >= 11 is 0. The number of aliphatic hydroxyl groups is 1. The highest BCUT2D eigenvalue weighted by atomic mass is 16.6. The van der Waals surface area contributed by atoms with E-state index in [0.29, 0.717) is 18.9 Å². The molecule has 0 bridgehead atoms. The maximum Gasteiger partial charge on any atom is 0.407 e. The molecule has 0 radical (unpaired) electrons. The van der Waals surface area contributed by atoms with Gasteiger partial charge >= 0.3 is 6.09 Å². The molecule has 7 heteroatoms. The zero-order valence-corrected chi connectivity index (χ0v) is 24.6. The Morgan fingerprint density at radius 3 is 2.46 bits per heavy atom. The van der Waals surface area contributed by atoms with Gasteiger partial charge in [-0.1, -0.05) is 33.8 Å². The molecule has 1 aromatic heterocycles. The van der Waals surface area contributed by atoms with Crippen molar-refractivity contribution in [3.05, 3.63) is 35.5 Å². The fourth-order valence-corrected chi connectivity index (χ4v) is 4.74. The van der Waals surface area contributed by atoms with Gasteiger partial charge in [0.05, 0.1) is 12.1 Å². The van der Waals surface area contributed by atoms with Gasteiger partial charge in [0.15, 0.2) is 0 Å². The summed E-state index contributed by atoms with van der Waals surface area (Å²) in [5.74, 6) is 0.646. The molecule has 2 rings (SSSR count). The fraction of sp³-hybridized carbons (Fsp3) is 0.700. The summed E-state index contributed by atoms with van der Waals surface area (Å²) in [5, 5.41) is 18.6. The van der Waals surface area contributed by atoms with E-state index in [1.165, 1.54) is 22.0 Å². The van der Waals surface area contributed by atoms with Crippen LogP contribution in [0.2, 0.25) is 0 Å². The second-order valence-electron chi connectivity index (χ2n) is 12.0. The SMILES string of the molecule is COCCCc1cn(C)c2ccc(CC(CC(NC(=O)OC(C)(C)C)C(O)CNC(C)C)C(C)C)cc12. The van der Waals surface area contributed by atoms with Gasteiger partial charge in [-0.2, -0.15) is 0 Å². The summed E-state index contributed by atoms with van der Waals surface area (Å²) in [4.78, 5) is 12.6. The molecule has 1 amide bonds. The van der Waals surface area contributed by atoms with Crippen LogP contribution in [-0.2, 0) is 29.4 Å². The average molecular weight is 518 g/mol. The number of aromatic nitrogens is 1. The van der Waals surface area contributed by atoms with E-state index in [4.69, 9.17) is 9.47 Å². The first-order valence-corrected chi connectivity index (χ1v) is 13.8. The molecule has 3 unspecified atom stereocenters. The quantitative estimate of drug-likeness (QED) is 0.300. The Hall–Kier alpha value is -2.09. The summed E-state index contributed by atoms with van der Waals surface area (Å²) < 4.78 is 13.0. The van der Waals surface area contributed by atoms with Crippen LogP contribution < -0.4 is 10.6 Å². The van der Waals surface area contributed by atoms with E-state index in [0.717, 1.165) is 25.9 Å². The van der Waals surface area contributed by atoms with Crippen molar-refractivity contribution in [2.45, 2.75) is 97.9 Å². The monoisotopic (exact) mass is 517 g/mol. The number of methoxy groups -OCH3 is 1. The molecule has 0 spiro atoms. The van der Waals surface area contributed by atoms with Crippen LogP contribution in [0.3, 0.4) is 0 Å². The molecule has 0 aliphatic rings. The van der Waals surface area contributed by atoms with Gasteiger partial charge in [0, 0.05) is 50.5 Å². The third-order valence-electron chi connectivity index (χ3n) is 6.83. The highest BCUT2D eigenvalue weighted by molar-refractivity contribution is 5.84. The van der Waals surface area contributed by atoms with E-state index < -0.39 is 23.8 Å². The number of hydrogen-bond donors (Lipinski definition) is 3. The minimum atomic E-state index is -0.722. The van der Waals surface area contributed by atoms with Crippen LogP contribution >= 0.6 is 0 Å². The highest BCUT2D eigenvalue weighted by Gasteiger charge is 2.29. The zero-order chi connectivity index (χ0) is 27.8. The normalized spacial score (nSPS) is 14.8. The first kappa shape index (κ1) is 31.1. The predicted octanol–water partition coefficient (Wildman–Crippen LogP) is 5.21. The smallest absolute Gasteiger partial charge is 0.407 e. The van der Waals surface area contributed by atoms with Crippen LogP contribution in [-0.4, -0.2) is 59.8 Å². The van der Waals surface area contributed by atoms with Gasteiger partial charge in [0.2, 0.25) is 0 Å². The fourth-order valence-electron chi connectivity index (χ4n) is 4.74. The Morgan fingerprint density at radius 1 is 1.16 bits per heavy atom. The van der Waals surface area contributed by atoms with Gasteiger partial charge in [-0.25, -0.2) is 4.79 Å². The molecule has 0 fully saturated rings. The summed E-state index contributed by atoms with van der Waals surface area (Å²) in [6, 6.07) is 6.57. The number of carbonyl (C=O) groups is 1. The highest BCUT2D eigenvalue weighted by Crippen LogP contribution is 2.28. The van der Waals surface area contributed by atoms with E-state index in [-0.39, 0.29) is 12.0 Å². The number of carbonyl (C=O) groups excluding carboxylic acids is 1. The van der Waals surface area contributed by atoms with E-state index in [2.05, 4.69) is 60.5 Å². The number of aryl methyl sites for hydroxylation is 2. The molecule has 0 saturated heterocycles. The standard InChI is InChI=1S/C30H51N3O4/c1-20(2)24(17-26(28(34)18-31-21(3)4)32-29(35)37-30(5,6)7)15-22-12-13-27-25(16-22)23(19-33(27)8)11-10-14-36-9/h12-13,16,19-21,24,26,28,31,34H,10-11,14-15,17-18H2,1-9H3,(H,32,35). The number of benzene rings is 1. The number of amides is 1.